The van der Waals surface area contributed by atoms with Crippen LogP contribution in [0.5, 0.6) is 0 Å². The molecule has 0 aliphatic heterocycles. The minimum absolute atomic E-state index is 0.0625. The summed E-state index contributed by atoms with van der Waals surface area (Å²) >= 11 is 0. The molecule has 0 aromatic rings. The van der Waals surface area contributed by atoms with E-state index < -0.39 is 0 Å². The van der Waals surface area contributed by atoms with E-state index in [4.69, 9.17) is 4.74 Å². The van der Waals surface area contributed by atoms with Crippen LogP contribution in [0, 0.1) is 4.91 Å². The highest BCUT2D eigenvalue weighted by molar-refractivity contribution is 4.65. The fourth-order valence-corrected chi connectivity index (χ4v) is 0.283. The van der Waals surface area contributed by atoms with E-state index in [1.807, 2.05) is 6.92 Å². The van der Waals surface area contributed by atoms with Crippen molar-refractivity contribution in [3.05, 3.63) is 4.91 Å². The van der Waals surface area contributed by atoms with Gasteiger partial charge in [0.15, 0.2) is 0 Å². The predicted molar refractivity (Wildman–Crippen MR) is 31.7 cm³/mol. The van der Waals surface area contributed by atoms with Crippen LogP contribution in [0.1, 0.15) is 13.8 Å². The normalized spacial score (nSPS) is 17.4. The Kier molecular flexibility index (Phi) is 3.35. The van der Waals surface area contributed by atoms with Gasteiger partial charge < -0.3 is 4.74 Å². The van der Waals surface area contributed by atoms with Crippen molar-refractivity contribution in [2.75, 3.05) is 7.11 Å². The van der Waals surface area contributed by atoms with Gasteiger partial charge in [0.25, 0.3) is 0 Å². The van der Waals surface area contributed by atoms with Gasteiger partial charge in [0.05, 0.1) is 6.10 Å². The molecule has 8 heavy (non-hydrogen) atoms. The Morgan fingerprint density at radius 1 is 1.50 bits per heavy atom. The average molecular weight is 117 g/mol. The van der Waals surface area contributed by atoms with Crippen LogP contribution < -0.4 is 0 Å². The fourth-order valence-electron chi connectivity index (χ4n) is 0.283. The number of rotatable bonds is 3. The van der Waals surface area contributed by atoms with Crippen LogP contribution in [-0.2, 0) is 4.74 Å². The number of hydrogen-bond donors (Lipinski definition) is 0. The summed E-state index contributed by atoms with van der Waals surface area (Å²) in [4.78, 5) is 9.78. The van der Waals surface area contributed by atoms with E-state index in [0.29, 0.717) is 0 Å². The third-order valence-corrected chi connectivity index (χ3v) is 1.22. The zero-order chi connectivity index (χ0) is 6.57. The molecule has 2 atom stereocenters. The largest absolute Gasteiger partial charge is 0.379 e. The Morgan fingerprint density at radius 2 is 2.00 bits per heavy atom. The number of ether oxygens (including phenoxy) is 1. The second-order valence-electron chi connectivity index (χ2n) is 1.79. The van der Waals surface area contributed by atoms with Crippen molar-refractivity contribution < 1.29 is 4.74 Å². The maximum Gasteiger partial charge on any atom is 0.115 e. The molecule has 0 aliphatic carbocycles. The first kappa shape index (κ1) is 7.56. The van der Waals surface area contributed by atoms with Gasteiger partial charge in [0.2, 0.25) is 0 Å². The van der Waals surface area contributed by atoms with Gasteiger partial charge in [-0.3, -0.25) is 0 Å². The van der Waals surface area contributed by atoms with Crippen molar-refractivity contribution in [3.8, 4) is 0 Å². The third-order valence-electron chi connectivity index (χ3n) is 1.22. The minimum Gasteiger partial charge on any atom is -0.379 e. The molecule has 48 valence electrons. The summed E-state index contributed by atoms with van der Waals surface area (Å²) in [6, 6.07) is -0.236. The van der Waals surface area contributed by atoms with Crippen LogP contribution in [0.25, 0.3) is 0 Å². The zero-order valence-electron chi connectivity index (χ0n) is 5.42. The predicted octanol–water partition coefficient (Wildman–Crippen LogP) is 1.18. The molecule has 0 aromatic carbocycles. The van der Waals surface area contributed by atoms with E-state index in [9.17, 15) is 4.91 Å². The van der Waals surface area contributed by atoms with Crippen molar-refractivity contribution in [3.63, 3.8) is 0 Å². The van der Waals surface area contributed by atoms with Gasteiger partial charge in [-0.05, 0) is 13.8 Å². The lowest BCUT2D eigenvalue weighted by molar-refractivity contribution is 0.101. The van der Waals surface area contributed by atoms with Crippen LogP contribution in [0.2, 0.25) is 0 Å². The first-order valence-corrected chi connectivity index (χ1v) is 2.57. The van der Waals surface area contributed by atoms with Crippen LogP contribution in [-0.4, -0.2) is 19.3 Å². The van der Waals surface area contributed by atoms with Crippen LogP contribution >= 0.6 is 0 Å². The summed E-state index contributed by atoms with van der Waals surface area (Å²) in [6.07, 6.45) is -0.0625. The number of methoxy groups -OCH3 is 1. The first-order valence-electron chi connectivity index (χ1n) is 2.57. The lowest BCUT2D eigenvalue weighted by Crippen LogP contribution is -2.18. The van der Waals surface area contributed by atoms with E-state index in [-0.39, 0.29) is 12.1 Å². The van der Waals surface area contributed by atoms with Crippen molar-refractivity contribution in [2.45, 2.75) is 26.0 Å². The highest BCUT2D eigenvalue weighted by Crippen LogP contribution is 1.98. The van der Waals surface area contributed by atoms with E-state index in [2.05, 4.69) is 5.18 Å². The Balaban J connectivity index is 3.44. The SMILES string of the molecule is COC(C)C(C)N=O. The smallest absolute Gasteiger partial charge is 0.115 e. The van der Waals surface area contributed by atoms with Gasteiger partial charge in [-0.1, -0.05) is 5.18 Å². The molecule has 0 rings (SSSR count). The quantitative estimate of drug-likeness (QED) is 0.520. The molecular formula is C5H11NO2. The molecule has 0 amide bonds. The topological polar surface area (TPSA) is 38.7 Å². The van der Waals surface area contributed by atoms with Crippen molar-refractivity contribution in [1.29, 1.82) is 0 Å². The van der Waals surface area contributed by atoms with Crippen molar-refractivity contribution in [1.82, 2.24) is 0 Å². The summed E-state index contributed by atoms with van der Waals surface area (Å²) < 4.78 is 4.81. The van der Waals surface area contributed by atoms with E-state index in [1.165, 1.54) is 0 Å². The molecule has 0 saturated heterocycles. The second-order valence-corrected chi connectivity index (χ2v) is 1.79. The fraction of sp³-hybridized carbons (Fsp3) is 1.00. The van der Waals surface area contributed by atoms with Crippen molar-refractivity contribution >= 4 is 0 Å². The molecule has 3 nitrogen and oxygen atoms in total. The lowest BCUT2D eigenvalue weighted by atomic mass is 10.2. The van der Waals surface area contributed by atoms with Gasteiger partial charge >= 0.3 is 0 Å². The Morgan fingerprint density at radius 3 is 2.12 bits per heavy atom. The van der Waals surface area contributed by atoms with Crippen LogP contribution in [0.15, 0.2) is 5.18 Å². The summed E-state index contributed by atoms with van der Waals surface area (Å²) in [5.41, 5.74) is 0. The lowest BCUT2D eigenvalue weighted by Gasteiger charge is -2.09. The van der Waals surface area contributed by atoms with Gasteiger partial charge in [-0.2, -0.15) is 4.91 Å². The molecule has 0 aliphatic rings. The highest BCUT2D eigenvalue weighted by Gasteiger charge is 2.09. The molecule has 0 heterocycles. The summed E-state index contributed by atoms with van der Waals surface area (Å²) in [7, 11) is 1.56. The maximum absolute atomic E-state index is 9.78. The molecule has 0 aromatic heterocycles. The molecule has 0 N–H and O–H groups in total. The van der Waals surface area contributed by atoms with E-state index >= 15 is 0 Å². The molecule has 3 heteroatoms. The van der Waals surface area contributed by atoms with E-state index in [0.717, 1.165) is 0 Å². The molecule has 0 saturated carbocycles. The number of nitrogens with zero attached hydrogens (tertiary/aromatic N) is 1. The zero-order valence-corrected chi connectivity index (χ0v) is 5.42. The molecule has 0 radical (unpaired) electrons. The Labute approximate surface area is 49.0 Å². The Hall–Kier alpha value is -0.440. The maximum atomic E-state index is 9.78. The van der Waals surface area contributed by atoms with Crippen LogP contribution in [0.4, 0.5) is 0 Å². The molecule has 0 fully saturated rings. The minimum atomic E-state index is -0.236. The number of hydrogen-bond acceptors (Lipinski definition) is 3. The number of nitroso groups, excluding NO2 is 1. The van der Waals surface area contributed by atoms with Gasteiger partial charge in [-0.15, -0.1) is 0 Å². The molecule has 0 spiro atoms. The van der Waals surface area contributed by atoms with Crippen molar-refractivity contribution in [2.24, 2.45) is 5.18 Å². The first-order chi connectivity index (χ1) is 3.72. The Bertz CT molecular complexity index is 74.8. The third kappa shape index (κ3) is 2.02. The van der Waals surface area contributed by atoms with E-state index in [1.54, 1.807) is 14.0 Å². The molecule has 2 unspecified atom stereocenters. The van der Waals surface area contributed by atoms with Crippen LogP contribution in [0.3, 0.4) is 0 Å². The summed E-state index contributed by atoms with van der Waals surface area (Å²) in [5, 5.41) is 2.78. The van der Waals surface area contributed by atoms with Gasteiger partial charge in [-0.25, -0.2) is 0 Å². The average Bonchev–Trinajstić information content (AvgIpc) is 1.84. The van der Waals surface area contributed by atoms with Gasteiger partial charge in [0, 0.05) is 7.11 Å². The molecule has 0 bridgehead atoms. The summed E-state index contributed by atoms with van der Waals surface area (Å²) in [6.45, 7) is 3.53. The molecular weight excluding hydrogens is 106 g/mol. The monoisotopic (exact) mass is 117 g/mol. The van der Waals surface area contributed by atoms with Gasteiger partial charge in [0.1, 0.15) is 6.04 Å². The summed E-state index contributed by atoms with van der Waals surface area (Å²) in [5.74, 6) is 0. The highest BCUT2D eigenvalue weighted by atomic mass is 16.5. The second kappa shape index (κ2) is 3.55. The standard InChI is InChI=1S/C5H11NO2/c1-4(6-7)5(2)8-3/h4-5H,1-3H3.